The molecule has 2 aromatic heterocycles. The van der Waals surface area contributed by atoms with E-state index in [4.69, 9.17) is 9.15 Å². The minimum absolute atomic E-state index is 0.0271. The fourth-order valence-corrected chi connectivity index (χ4v) is 5.35. The van der Waals surface area contributed by atoms with E-state index < -0.39 is 5.82 Å². The first kappa shape index (κ1) is 24.8. The number of furan rings is 1. The zero-order valence-corrected chi connectivity index (χ0v) is 21.6. The highest BCUT2D eigenvalue weighted by molar-refractivity contribution is 6.02. The molecular formula is C29H28FN5O4. The fourth-order valence-electron chi connectivity index (χ4n) is 5.35. The van der Waals surface area contributed by atoms with Crippen molar-refractivity contribution < 1.29 is 23.1 Å². The highest BCUT2D eigenvalue weighted by Gasteiger charge is 2.29. The summed E-state index contributed by atoms with van der Waals surface area (Å²) in [5, 5.41) is 7.98. The average Bonchev–Trinajstić information content (AvgIpc) is 3.73. The Balaban J connectivity index is 1.40. The third-order valence-corrected chi connectivity index (χ3v) is 7.34. The van der Waals surface area contributed by atoms with E-state index in [2.05, 4.69) is 10.3 Å². The number of para-hydroxylation sites is 1. The zero-order valence-electron chi connectivity index (χ0n) is 21.6. The molecule has 6 rings (SSSR count). The lowest BCUT2D eigenvalue weighted by atomic mass is 9.93. The van der Waals surface area contributed by atoms with Crippen LogP contribution in [0.25, 0.3) is 27.7 Å². The molecule has 1 fully saturated rings. The molecule has 39 heavy (non-hydrogen) atoms. The molecule has 0 aliphatic carbocycles. The quantitative estimate of drug-likeness (QED) is 0.345. The molecule has 0 atom stereocenters. The number of rotatable bonds is 7. The maximum atomic E-state index is 16.2. The van der Waals surface area contributed by atoms with Gasteiger partial charge in [-0.15, -0.1) is 5.10 Å². The SMILES string of the molecule is COc1ccccc1-c1cc(C2=CCCN(C(=O)CCn3ccnn3)C2)c(F)c2cc(N3CCCC3=O)oc12. The predicted octanol–water partition coefficient (Wildman–Crippen LogP) is 4.67. The minimum Gasteiger partial charge on any atom is -0.496 e. The van der Waals surface area contributed by atoms with Gasteiger partial charge in [-0.05, 0) is 30.5 Å². The van der Waals surface area contributed by atoms with Crippen LogP contribution in [0, 0.1) is 5.82 Å². The van der Waals surface area contributed by atoms with Crippen LogP contribution in [0.15, 0.2) is 59.3 Å². The van der Waals surface area contributed by atoms with Crippen molar-refractivity contribution in [3.05, 3.63) is 66.2 Å². The number of fused-ring (bicyclic) bond motifs is 1. The number of carbonyl (C=O) groups excluding carboxylic acids is 2. The summed E-state index contributed by atoms with van der Waals surface area (Å²) in [6.07, 6.45) is 7.35. The number of halogens is 1. The van der Waals surface area contributed by atoms with E-state index in [9.17, 15) is 9.59 Å². The van der Waals surface area contributed by atoms with Gasteiger partial charge in [0.1, 0.15) is 17.1 Å². The van der Waals surface area contributed by atoms with Crippen LogP contribution in [0.2, 0.25) is 0 Å². The maximum absolute atomic E-state index is 16.2. The van der Waals surface area contributed by atoms with Crippen LogP contribution in [0.3, 0.4) is 0 Å². The van der Waals surface area contributed by atoms with Crippen molar-refractivity contribution in [3.8, 4) is 16.9 Å². The first-order valence-electron chi connectivity index (χ1n) is 13.0. The molecule has 4 heterocycles. The van der Waals surface area contributed by atoms with Gasteiger partial charge in [0.25, 0.3) is 0 Å². The van der Waals surface area contributed by atoms with Crippen molar-refractivity contribution in [1.29, 1.82) is 0 Å². The first-order chi connectivity index (χ1) is 19.0. The predicted molar refractivity (Wildman–Crippen MR) is 144 cm³/mol. The van der Waals surface area contributed by atoms with Gasteiger partial charge in [0, 0.05) is 61.4 Å². The summed E-state index contributed by atoms with van der Waals surface area (Å²) in [4.78, 5) is 28.7. The number of anilines is 1. The molecule has 10 heteroatoms. The Labute approximate surface area is 224 Å². The second-order valence-corrected chi connectivity index (χ2v) is 9.71. The number of hydrogen-bond acceptors (Lipinski definition) is 6. The van der Waals surface area contributed by atoms with Gasteiger partial charge in [-0.1, -0.05) is 29.5 Å². The van der Waals surface area contributed by atoms with E-state index in [0.717, 1.165) is 17.6 Å². The molecule has 4 aromatic rings. The second-order valence-electron chi connectivity index (χ2n) is 9.71. The van der Waals surface area contributed by atoms with Crippen molar-refractivity contribution in [1.82, 2.24) is 19.9 Å². The Hall–Kier alpha value is -4.47. The molecule has 2 amide bonds. The van der Waals surface area contributed by atoms with Crippen LogP contribution in [0.5, 0.6) is 5.75 Å². The largest absolute Gasteiger partial charge is 0.496 e. The summed E-state index contributed by atoms with van der Waals surface area (Å²) in [7, 11) is 1.59. The van der Waals surface area contributed by atoms with Crippen LogP contribution in [-0.4, -0.2) is 58.5 Å². The van der Waals surface area contributed by atoms with Crippen molar-refractivity contribution >= 4 is 34.2 Å². The van der Waals surface area contributed by atoms with Gasteiger partial charge in [0.15, 0.2) is 0 Å². The number of aromatic nitrogens is 3. The Kier molecular flexibility index (Phi) is 6.60. The standard InChI is InChI=1S/C29H28FN5O4/c1-38-24-8-3-2-7-20(24)22-16-21(28(30)23-17-27(39-29(22)23)35-13-5-9-26(35)37)19-6-4-12-33(18-19)25(36)10-14-34-15-11-31-32-34/h2-3,6-8,11,15-17H,4-5,9-10,12-14,18H2,1H3. The Morgan fingerprint density at radius 1 is 1.15 bits per heavy atom. The van der Waals surface area contributed by atoms with Gasteiger partial charge in [-0.2, -0.15) is 0 Å². The van der Waals surface area contributed by atoms with Crippen molar-refractivity contribution in [2.75, 3.05) is 31.6 Å². The normalized spacial score (nSPS) is 15.7. The summed E-state index contributed by atoms with van der Waals surface area (Å²) in [6, 6.07) is 10.9. The topological polar surface area (TPSA) is 93.7 Å². The fraction of sp³-hybridized carbons (Fsp3) is 0.310. The van der Waals surface area contributed by atoms with E-state index in [1.807, 2.05) is 30.3 Å². The van der Waals surface area contributed by atoms with Gasteiger partial charge in [-0.25, -0.2) is 4.39 Å². The Morgan fingerprint density at radius 3 is 2.79 bits per heavy atom. The van der Waals surface area contributed by atoms with Crippen LogP contribution >= 0.6 is 0 Å². The molecule has 2 aliphatic rings. The molecule has 0 unspecified atom stereocenters. The summed E-state index contributed by atoms with van der Waals surface area (Å²) in [5.74, 6) is 0.453. The molecule has 0 radical (unpaired) electrons. The number of ether oxygens (including phenoxy) is 1. The summed E-state index contributed by atoms with van der Waals surface area (Å²) < 4.78 is 29.6. The third kappa shape index (κ3) is 4.67. The van der Waals surface area contributed by atoms with Crippen molar-refractivity contribution in [2.24, 2.45) is 0 Å². The molecule has 1 saturated heterocycles. The van der Waals surface area contributed by atoms with E-state index in [1.54, 1.807) is 46.1 Å². The lowest BCUT2D eigenvalue weighted by molar-refractivity contribution is -0.131. The van der Waals surface area contributed by atoms with Crippen LogP contribution in [-0.2, 0) is 16.1 Å². The molecule has 200 valence electrons. The number of benzene rings is 2. The lowest BCUT2D eigenvalue weighted by Gasteiger charge is -2.28. The van der Waals surface area contributed by atoms with E-state index >= 15 is 4.39 Å². The van der Waals surface area contributed by atoms with Gasteiger partial charge < -0.3 is 14.1 Å². The number of nitrogens with zero attached hydrogens (tertiary/aromatic N) is 5. The van der Waals surface area contributed by atoms with Crippen molar-refractivity contribution in [3.63, 3.8) is 0 Å². The van der Waals surface area contributed by atoms with Gasteiger partial charge >= 0.3 is 0 Å². The van der Waals surface area contributed by atoms with E-state index in [-0.39, 0.29) is 18.2 Å². The maximum Gasteiger partial charge on any atom is 0.229 e. The first-order valence-corrected chi connectivity index (χ1v) is 13.0. The zero-order chi connectivity index (χ0) is 26.9. The molecule has 9 nitrogen and oxygen atoms in total. The molecule has 0 N–H and O–H groups in total. The molecule has 0 bridgehead atoms. The summed E-state index contributed by atoms with van der Waals surface area (Å²) in [6.45, 7) is 1.82. The minimum atomic E-state index is -0.437. The Morgan fingerprint density at radius 2 is 2.03 bits per heavy atom. The van der Waals surface area contributed by atoms with E-state index in [1.165, 1.54) is 0 Å². The number of carbonyl (C=O) groups is 2. The monoisotopic (exact) mass is 529 g/mol. The van der Waals surface area contributed by atoms with Gasteiger partial charge in [0.05, 0.1) is 25.2 Å². The highest BCUT2D eigenvalue weighted by Crippen LogP contribution is 2.42. The van der Waals surface area contributed by atoms with Crippen LogP contribution in [0.4, 0.5) is 10.3 Å². The average molecular weight is 530 g/mol. The third-order valence-electron chi connectivity index (χ3n) is 7.34. The van der Waals surface area contributed by atoms with Crippen LogP contribution < -0.4 is 9.64 Å². The number of aryl methyl sites for hydroxylation is 1. The Bertz CT molecular complexity index is 1580. The highest BCUT2D eigenvalue weighted by atomic mass is 19.1. The van der Waals surface area contributed by atoms with Crippen LogP contribution in [0.1, 0.15) is 31.2 Å². The lowest BCUT2D eigenvalue weighted by Crippen LogP contribution is -2.36. The summed E-state index contributed by atoms with van der Waals surface area (Å²) in [5.41, 5.74) is 2.89. The molecule has 2 aromatic carbocycles. The number of methoxy groups -OCH3 is 1. The molecular weight excluding hydrogens is 501 g/mol. The second kappa shape index (κ2) is 10.4. The van der Waals surface area contributed by atoms with Gasteiger partial charge in [0.2, 0.25) is 17.7 Å². The molecule has 0 saturated carbocycles. The smallest absolute Gasteiger partial charge is 0.229 e. The molecule has 2 aliphatic heterocycles. The van der Waals surface area contributed by atoms with E-state index in [0.29, 0.717) is 72.8 Å². The van der Waals surface area contributed by atoms with Gasteiger partial charge in [-0.3, -0.25) is 19.2 Å². The number of hydrogen-bond donors (Lipinski definition) is 0. The molecule has 0 spiro atoms. The van der Waals surface area contributed by atoms with Crippen molar-refractivity contribution in [2.45, 2.75) is 32.2 Å². The summed E-state index contributed by atoms with van der Waals surface area (Å²) >= 11 is 0. The number of amides is 2.